The molecule has 3 rings (SSSR count). The van der Waals surface area contributed by atoms with Crippen LogP contribution in [0.5, 0.6) is 0 Å². The van der Waals surface area contributed by atoms with Crippen molar-refractivity contribution in [2.75, 3.05) is 5.32 Å². The number of rotatable bonds is 2. The minimum atomic E-state index is -1.08. The number of aromatic nitrogens is 2. The number of nitrogens with one attached hydrogen (secondary N) is 1. The molecule has 1 aliphatic rings. The summed E-state index contributed by atoms with van der Waals surface area (Å²) in [5, 5.41) is 6.99. The van der Waals surface area contributed by atoms with Crippen molar-refractivity contribution in [1.82, 2.24) is 9.78 Å². The Labute approximate surface area is 140 Å². The topological polar surface area (TPSA) is 64.0 Å². The summed E-state index contributed by atoms with van der Waals surface area (Å²) in [6.07, 6.45) is 0. The first-order valence-electron chi connectivity index (χ1n) is 7.40. The monoisotopic (exact) mass is 353 g/mol. The van der Waals surface area contributed by atoms with Gasteiger partial charge in [0.25, 0.3) is 5.91 Å². The van der Waals surface area contributed by atoms with Crippen LogP contribution in [0.3, 0.4) is 0 Å². The smallest absolute Gasteiger partial charge is 0.262 e. The summed E-state index contributed by atoms with van der Waals surface area (Å²) < 4.78 is 41.0. The van der Waals surface area contributed by atoms with Crippen molar-refractivity contribution < 1.29 is 17.8 Å². The summed E-state index contributed by atoms with van der Waals surface area (Å²) in [6.45, 7) is 5.68. The zero-order valence-corrected chi connectivity index (χ0v) is 14.3. The van der Waals surface area contributed by atoms with Crippen LogP contribution in [0.1, 0.15) is 42.4 Å². The molecule has 0 fully saturated rings. The van der Waals surface area contributed by atoms with E-state index in [1.807, 2.05) is 20.8 Å². The van der Waals surface area contributed by atoms with E-state index in [-0.39, 0.29) is 5.75 Å². The first kappa shape index (κ1) is 16.8. The maximum atomic E-state index is 13.8. The summed E-state index contributed by atoms with van der Waals surface area (Å²) in [6, 6.07) is 3.25. The number of hydrogen-bond acceptors (Lipinski definition) is 3. The SMILES string of the molecule is CC(C)(C)n1nc2c(c1NC(=O)c1c(F)cccc1F)C[S@](=O)C2. The summed E-state index contributed by atoms with van der Waals surface area (Å²) in [7, 11) is -1.08. The third-order valence-corrected chi connectivity index (χ3v) is 4.93. The minimum Gasteiger partial charge on any atom is -0.306 e. The third kappa shape index (κ3) is 2.86. The van der Waals surface area contributed by atoms with Crippen LogP contribution in [-0.4, -0.2) is 19.9 Å². The minimum absolute atomic E-state index is 0.265. The molecule has 0 saturated carbocycles. The molecule has 24 heavy (non-hydrogen) atoms. The molecule has 0 aliphatic carbocycles. The molecule has 0 saturated heterocycles. The molecule has 5 nitrogen and oxygen atoms in total. The average molecular weight is 353 g/mol. The Bertz CT molecular complexity index is 835. The van der Waals surface area contributed by atoms with E-state index in [0.29, 0.717) is 22.8 Å². The molecule has 1 aliphatic heterocycles. The molecule has 1 amide bonds. The van der Waals surface area contributed by atoms with E-state index in [0.717, 1.165) is 12.1 Å². The molecule has 1 atom stereocenters. The number of carbonyl (C=O) groups excluding carboxylic acids is 1. The van der Waals surface area contributed by atoms with Crippen LogP contribution in [0.2, 0.25) is 0 Å². The van der Waals surface area contributed by atoms with E-state index >= 15 is 0 Å². The normalized spacial score (nSPS) is 17.0. The summed E-state index contributed by atoms with van der Waals surface area (Å²) in [5.74, 6) is -1.84. The Hall–Kier alpha value is -2.09. The van der Waals surface area contributed by atoms with E-state index < -0.39 is 39.4 Å². The lowest BCUT2D eigenvalue weighted by Gasteiger charge is -2.23. The molecule has 0 spiro atoms. The molecule has 2 heterocycles. The van der Waals surface area contributed by atoms with E-state index in [9.17, 15) is 17.8 Å². The van der Waals surface area contributed by atoms with Gasteiger partial charge in [-0.2, -0.15) is 5.10 Å². The van der Waals surface area contributed by atoms with E-state index in [1.54, 1.807) is 4.68 Å². The maximum absolute atomic E-state index is 13.8. The fourth-order valence-electron chi connectivity index (χ4n) is 2.63. The molecule has 1 aromatic heterocycles. The maximum Gasteiger partial charge on any atom is 0.262 e. The second-order valence-electron chi connectivity index (χ2n) is 6.64. The zero-order valence-electron chi connectivity index (χ0n) is 13.5. The number of benzene rings is 1. The van der Waals surface area contributed by atoms with Crippen molar-refractivity contribution in [1.29, 1.82) is 0 Å². The standard InChI is InChI=1S/C16H17F2N3O2S/c1-16(2,3)21-14(9-7-24(23)8-12(9)20-21)19-15(22)13-10(17)5-4-6-11(13)18/h4-6H,7-8H2,1-3H3,(H,19,22)/t24-/m0/s1. The van der Waals surface area contributed by atoms with Crippen LogP contribution < -0.4 is 5.32 Å². The van der Waals surface area contributed by atoms with Crippen LogP contribution in [0.25, 0.3) is 0 Å². The number of hydrogen-bond donors (Lipinski definition) is 1. The second kappa shape index (κ2) is 5.77. The average Bonchev–Trinajstić information content (AvgIpc) is 2.96. The van der Waals surface area contributed by atoms with Crippen LogP contribution in [0.15, 0.2) is 18.2 Å². The van der Waals surface area contributed by atoms with Gasteiger partial charge < -0.3 is 5.32 Å². The first-order valence-corrected chi connectivity index (χ1v) is 8.89. The van der Waals surface area contributed by atoms with Crippen LogP contribution in [0.4, 0.5) is 14.6 Å². The third-order valence-electron chi connectivity index (χ3n) is 3.73. The lowest BCUT2D eigenvalue weighted by atomic mass is 10.1. The Balaban J connectivity index is 2.04. The molecule has 8 heteroatoms. The van der Waals surface area contributed by atoms with E-state index in [2.05, 4.69) is 10.4 Å². The fourth-order valence-corrected chi connectivity index (χ4v) is 3.89. The largest absolute Gasteiger partial charge is 0.306 e. The van der Waals surface area contributed by atoms with Gasteiger partial charge in [-0.15, -0.1) is 0 Å². The van der Waals surface area contributed by atoms with Crippen molar-refractivity contribution in [3.05, 3.63) is 46.7 Å². The van der Waals surface area contributed by atoms with E-state index in [1.165, 1.54) is 6.07 Å². The van der Waals surface area contributed by atoms with Gasteiger partial charge in [-0.1, -0.05) is 6.07 Å². The molecule has 0 unspecified atom stereocenters. The molecular formula is C16H17F2N3O2S. The highest BCUT2D eigenvalue weighted by molar-refractivity contribution is 7.83. The van der Waals surface area contributed by atoms with Crippen LogP contribution in [-0.2, 0) is 27.8 Å². The number of halogens is 2. The number of anilines is 1. The van der Waals surface area contributed by atoms with Crippen molar-refractivity contribution in [2.24, 2.45) is 0 Å². The molecule has 0 bridgehead atoms. The Morgan fingerprint density at radius 3 is 2.46 bits per heavy atom. The fraction of sp³-hybridized carbons (Fsp3) is 0.375. The number of fused-ring (bicyclic) bond motifs is 1. The highest BCUT2D eigenvalue weighted by Gasteiger charge is 2.32. The van der Waals surface area contributed by atoms with Gasteiger partial charge in [0, 0.05) is 16.4 Å². The summed E-state index contributed by atoms with van der Waals surface area (Å²) in [4.78, 5) is 12.4. The van der Waals surface area contributed by atoms with Crippen LogP contribution in [0, 0.1) is 11.6 Å². The molecule has 1 N–H and O–H groups in total. The van der Waals surface area contributed by atoms with Gasteiger partial charge in [0.15, 0.2) is 0 Å². The Morgan fingerprint density at radius 1 is 1.25 bits per heavy atom. The highest BCUT2D eigenvalue weighted by atomic mass is 32.2. The predicted octanol–water partition coefficient (Wildman–Crippen LogP) is 2.93. The summed E-state index contributed by atoms with van der Waals surface area (Å²) in [5.41, 5.74) is 0.204. The molecule has 2 aromatic rings. The Kier molecular flexibility index (Phi) is 4.03. The zero-order chi connectivity index (χ0) is 17.6. The van der Waals surface area contributed by atoms with E-state index in [4.69, 9.17) is 0 Å². The summed E-state index contributed by atoms with van der Waals surface area (Å²) >= 11 is 0. The van der Waals surface area contributed by atoms with Crippen molar-refractivity contribution in [3.63, 3.8) is 0 Å². The van der Waals surface area contributed by atoms with Gasteiger partial charge in [-0.25, -0.2) is 13.5 Å². The molecule has 1 aromatic carbocycles. The van der Waals surface area contributed by atoms with Crippen molar-refractivity contribution in [3.8, 4) is 0 Å². The predicted molar refractivity (Wildman–Crippen MR) is 87.1 cm³/mol. The molecular weight excluding hydrogens is 336 g/mol. The Morgan fingerprint density at radius 2 is 1.88 bits per heavy atom. The van der Waals surface area contributed by atoms with Crippen molar-refractivity contribution in [2.45, 2.75) is 37.8 Å². The van der Waals surface area contributed by atoms with Crippen molar-refractivity contribution >= 4 is 22.5 Å². The number of amides is 1. The first-order chi connectivity index (χ1) is 11.2. The quantitative estimate of drug-likeness (QED) is 0.903. The van der Waals surface area contributed by atoms with Gasteiger partial charge in [0.2, 0.25) is 0 Å². The van der Waals surface area contributed by atoms with Crippen LogP contribution >= 0.6 is 0 Å². The lowest BCUT2D eigenvalue weighted by molar-refractivity contribution is 0.101. The number of carbonyl (C=O) groups is 1. The second-order valence-corrected chi connectivity index (χ2v) is 8.09. The van der Waals surface area contributed by atoms with Gasteiger partial charge >= 0.3 is 0 Å². The molecule has 128 valence electrons. The van der Waals surface area contributed by atoms with Gasteiger partial charge in [-0.05, 0) is 32.9 Å². The van der Waals surface area contributed by atoms with Gasteiger partial charge in [0.1, 0.15) is 23.0 Å². The van der Waals surface area contributed by atoms with Gasteiger partial charge in [0.05, 0.1) is 22.7 Å². The molecule has 0 radical (unpaired) electrons. The van der Waals surface area contributed by atoms with Gasteiger partial charge in [-0.3, -0.25) is 9.00 Å². The number of nitrogens with zero attached hydrogens (tertiary/aromatic N) is 2. The highest BCUT2D eigenvalue weighted by Crippen LogP contribution is 2.33. The lowest BCUT2D eigenvalue weighted by Crippen LogP contribution is -2.28.